The molecule has 2 aromatic rings. The molecule has 18 heavy (non-hydrogen) atoms. The van der Waals surface area contributed by atoms with Gasteiger partial charge in [-0.05, 0) is 17.7 Å². The average Bonchev–Trinajstić information content (AvgIpc) is 2.71. The van der Waals surface area contributed by atoms with Crippen molar-refractivity contribution in [2.24, 2.45) is 0 Å². The molecule has 0 bridgehead atoms. The maximum absolute atomic E-state index is 11.4. The summed E-state index contributed by atoms with van der Waals surface area (Å²) in [5.74, 6) is 0.0675. The van der Waals surface area contributed by atoms with Gasteiger partial charge in [0.1, 0.15) is 0 Å². The maximum atomic E-state index is 11.4. The summed E-state index contributed by atoms with van der Waals surface area (Å²) in [6.07, 6.45) is 1.94. The minimum atomic E-state index is 0.0675. The molecule has 0 aliphatic carbocycles. The fourth-order valence-electron chi connectivity index (χ4n) is 1.77. The van der Waals surface area contributed by atoms with E-state index in [1.807, 2.05) is 24.4 Å². The zero-order chi connectivity index (χ0) is 13.1. The van der Waals surface area contributed by atoms with Gasteiger partial charge in [-0.1, -0.05) is 17.7 Å². The monoisotopic (exact) mass is 265 g/mol. The highest BCUT2D eigenvalue weighted by Gasteiger charge is 2.06. The molecule has 1 heterocycles. The van der Waals surface area contributed by atoms with E-state index >= 15 is 0 Å². The van der Waals surface area contributed by atoms with Crippen LogP contribution in [0.2, 0.25) is 5.02 Å². The van der Waals surface area contributed by atoms with Crippen LogP contribution in [0.4, 0.5) is 0 Å². The van der Waals surface area contributed by atoms with Crippen LogP contribution in [0.5, 0.6) is 0 Å². The summed E-state index contributed by atoms with van der Waals surface area (Å²) in [5.41, 5.74) is 2.14. The van der Waals surface area contributed by atoms with Crippen molar-refractivity contribution < 1.29 is 4.79 Å². The third kappa shape index (κ3) is 2.83. The Bertz CT molecular complexity index is 562. The van der Waals surface area contributed by atoms with Crippen molar-refractivity contribution in [1.29, 1.82) is 0 Å². The Hall–Kier alpha value is -1.52. The molecular weight excluding hydrogens is 250 g/mol. The summed E-state index contributed by atoms with van der Waals surface area (Å²) < 4.78 is 0. The molecule has 2 N–H and O–H groups in total. The largest absolute Gasteiger partial charge is 0.361 e. The van der Waals surface area contributed by atoms with Gasteiger partial charge < -0.3 is 15.2 Å². The molecule has 5 heteroatoms. The van der Waals surface area contributed by atoms with E-state index in [4.69, 9.17) is 11.6 Å². The van der Waals surface area contributed by atoms with Crippen LogP contribution >= 0.6 is 11.6 Å². The summed E-state index contributed by atoms with van der Waals surface area (Å²) in [5, 5.41) is 4.97. The van der Waals surface area contributed by atoms with Crippen molar-refractivity contribution in [2.75, 3.05) is 20.6 Å². The van der Waals surface area contributed by atoms with Crippen LogP contribution in [0, 0.1) is 0 Å². The Balaban J connectivity index is 2.02. The first kappa shape index (κ1) is 12.9. The number of hydrogen-bond acceptors (Lipinski definition) is 2. The number of rotatable bonds is 4. The third-order valence-electron chi connectivity index (χ3n) is 2.82. The van der Waals surface area contributed by atoms with E-state index in [2.05, 4.69) is 10.3 Å². The molecule has 2 rings (SSSR count). The standard InChI is InChI=1S/C13H16ClN3O/c1-17(2)13(18)8-15-6-9-7-16-12-5-10(14)3-4-11(9)12/h3-5,7,15-16H,6,8H2,1-2H3. The Labute approximate surface area is 111 Å². The molecule has 1 aromatic carbocycles. The summed E-state index contributed by atoms with van der Waals surface area (Å²) in [6.45, 7) is 0.995. The number of nitrogens with zero attached hydrogens (tertiary/aromatic N) is 1. The second-order valence-electron chi connectivity index (χ2n) is 4.40. The lowest BCUT2D eigenvalue weighted by Crippen LogP contribution is -2.32. The SMILES string of the molecule is CN(C)C(=O)CNCc1c[nH]c2cc(Cl)ccc12. The van der Waals surface area contributed by atoms with Crippen LogP contribution in [0.1, 0.15) is 5.56 Å². The first-order valence-electron chi connectivity index (χ1n) is 5.74. The number of hydrogen-bond donors (Lipinski definition) is 2. The Kier molecular flexibility index (Phi) is 3.89. The lowest BCUT2D eigenvalue weighted by Gasteiger charge is -2.10. The Morgan fingerprint density at radius 2 is 2.22 bits per heavy atom. The van der Waals surface area contributed by atoms with Gasteiger partial charge in [-0.3, -0.25) is 4.79 Å². The van der Waals surface area contributed by atoms with Gasteiger partial charge in [0.05, 0.1) is 6.54 Å². The molecule has 4 nitrogen and oxygen atoms in total. The van der Waals surface area contributed by atoms with E-state index in [9.17, 15) is 4.79 Å². The second kappa shape index (κ2) is 5.42. The van der Waals surface area contributed by atoms with Crippen molar-refractivity contribution in [3.05, 3.63) is 35.0 Å². The van der Waals surface area contributed by atoms with Gasteiger partial charge in [-0.15, -0.1) is 0 Å². The van der Waals surface area contributed by atoms with E-state index in [0.717, 1.165) is 16.5 Å². The number of nitrogens with one attached hydrogen (secondary N) is 2. The Morgan fingerprint density at radius 1 is 1.44 bits per heavy atom. The maximum Gasteiger partial charge on any atom is 0.236 e. The van der Waals surface area contributed by atoms with Crippen molar-refractivity contribution in [3.63, 3.8) is 0 Å². The molecule has 1 amide bonds. The highest BCUT2D eigenvalue weighted by molar-refractivity contribution is 6.31. The van der Waals surface area contributed by atoms with Crippen molar-refractivity contribution in [1.82, 2.24) is 15.2 Å². The number of H-pyrrole nitrogens is 1. The Morgan fingerprint density at radius 3 is 2.94 bits per heavy atom. The molecule has 0 atom stereocenters. The van der Waals surface area contributed by atoms with Crippen molar-refractivity contribution in [2.45, 2.75) is 6.54 Å². The summed E-state index contributed by atoms with van der Waals surface area (Å²) >= 11 is 5.92. The first-order valence-corrected chi connectivity index (χ1v) is 6.12. The minimum absolute atomic E-state index is 0.0675. The van der Waals surface area contributed by atoms with Crippen LogP contribution in [0.15, 0.2) is 24.4 Å². The number of halogens is 1. The van der Waals surface area contributed by atoms with E-state index < -0.39 is 0 Å². The fraction of sp³-hybridized carbons (Fsp3) is 0.308. The van der Waals surface area contributed by atoms with Crippen LogP contribution in [0.3, 0.4) is 0 Å². The molecule has 0 spiro atoms. The average molecular weight is 266 g/mol. The molecule has 0 aliphatic rings. The number of fused-ring (bicyclic) bond motifs is 1. The van der Waals surface area contributed by atoms with E-state index in [0.29, 0.717) is 18.1 Å². The number of carbonyl (C=O) groups excluding carboxylic acids is 1. The summed E-state index contributed by atoms with van der Waals surface area (Å²) in [4.78, 5) is 16.2. The van der Waals surface area contributed by atoms with Gasteiger partial charge in [0.15, 0.2) is 0 Å². The number of carbonyl (C=O) groups is 1. The number of aromatic nitrogens is 1. The van der Waals surface area contributed by atoms with Crippen molar-refractivity contribution >= 4 is 28.4 Å². The third-order valence-corrected chi connectivity index (χ3v) is 3.06. The minimum Gasteiger partial charge on any atom is -0.361 e. The van der Waals surface area contributed by atoms with E-state index in [-0.39, 0.29) is 5.91 Å². The van der Waals surface area contributed by atoms with Gasteiger partial charge in [-0.25, -0.2) is 0 Å². The lowest BCUT2D eigenvalue weighted by atomic mass is 10.2. The number of aromatic amines is 1. The van der Waals surface area contributed by atoms with Crippen molar-refractivity contribution in [3.8, 4) is 0 Å². The lowest BCUT2D eigenvalue weighted by molar-refractivity contribution is -0.127. The van der Waals surface area contributed by atoms with Gasteiger partial charge in [-0.2, -0.15) is 0 Å². The second-order valence-corrected chi connectivity index (χ2v) is 4.83. The normalized spacial score (nSPS) is 10.8. The number of benzene rings is 1. The zero-order valence-corrected chi connectivity index (χ0v) is 11.2. The van der Waals surface area contributed by atoms with E-state index in [1.54, 1.807) is 19.0 Å². The van der Waals surface area contributed by atoms with Gasteiger partial charge in [0, 0.05) is 42.8 Å². The number of amides is 1. The smallest absolute Gasteiger partial charge is 0.236 e. The van der Waals surface area contributed by atoms with Crippen LogP contribution in [0.25, 0.3) is 10.9 Å². The predicted octanol–water partition coefficient (Wildman–Crippen LogP) is 2.00. The molecule has 0 saturated heterocycles. The molecule has 0 unspecified atom stereocenters. The molecule has 1 aromatic heterocycles. The summed E-state index contributed by atoms with van der Waals surface area (Å²) in [6, 6.07) is 5.75. The predicted molar refractivity (Wildman–Crippen MR) is 73.7 cm³/mol. The molecule has 0 radical (unpaired) electrons. The first-order chi connectivity index (χ1) is 8.58. The fourth-order valence-corrected chi connectivity index (χ4v) is 1.94. The topological polar surface area (TPSA) is 48.1 Å². The molecule has 0 saturated carbocycles. The molecule has 0 aliphatic heterocycles. The molecule has 0 fully saturated rings. The molecular formula is C13H16ClN3O. The highest BCUT2D eigenvalue weighted by atomic mass is 35.5. The van der Waals surface area contributed by atoms with Crippen LogP contribution in [-0.2, 0) is 11.3 Å². The van der Waals surface area contributed by atoms with Crippen LogP contribution in [-0.4, -0.2) is 36.4 Å². The zero-order valence-electron chi connectivity index (χ0n) is 10.5. The summed E-state index contributed by atoms with van der Waals surface area (Å²) in [7, 11) is 3.50. The van der Waals surface area contributed by atoms with Crippen LogP contribution < -0.4 is 5.32 Å². The quantitative estimate of drug-likeness (QED) is 0.888. The molecule has 96 valence electrons. The van der Waals surface area contributed by atoms with E-state index in [1.165, 1.54) is 0 Å². The van der Waals surface area contributed by atoms with Gasteiger partial charge in [0.25, 0.3) is 0 Å². The van der Waals surface area contributed by atoms with Gasteiger partial charge >= 0.3 is 0 Å². The number of likely N-dealkylation sites (N-methyl/N-ethyl adjacent to an activating group) is 1. The van der Waals surface area contributed by atoms with Gasteiger partial charge in [0.2, 0.25) is 5.91 Å². The highest BCUT2D eigenvalue weighted by Crippen LogP contribution is 2.21.